The van der Waals surface area contributed by atoms with E-state index in [1.54, 1.807) is 0 Å². The summed E-state index contributed by atoms with van der Waals surface area (Å²) in [6.45, 7) is 3.79. The van der Waals surface area contributed by atoms with Gasteiger partial charge in [-0.15, -0.1) is 0 Å². The Bertz CT molecular complexity index is 255. The van der Waals surface area contributed by atoms with E-state index in [1.807, 2.05) is 0 Å². The van der Waals surface area contributed by atoms with Gasteiger partial charge in [-0.2, -0.15) is 0 Å². The fraction of sp³-hybridized carbons (Fsp3) is 0.933. The lowest BCUT2D eigenvalue weighted by Gasteiger charge is -2.29. The van der Waals surface area contributed by atoms with E-state index in [1.165, 1.54) is 51.4 Å². The Kier molecular flexibility index (Phi) is 5.48. The molecule has 0 unspecified atom stereocenters. The molecule has 0 spiro atoms. The van der Waals surface area contributed by atoms with Gasteiger partial charge in [0.2, 0.25) is 5.91 Å². The summed E-state index contributed by atoms with van der Waals surface area (Å²) < 4.78 is 0. The molecule has 3 heteroatoms. The van der Waals surface area contributed by atoms with Crippen LogP contribution in [0.15, 0.2) is 0 Å². The summed E-state index contributed by atoms with van der Waals surface area (Å²) >= 11 is 0. The van der Waals surface area contributed by atoms with Crippen molar-refractivity contribution in [3.8, 4) is 0 Å². The second kappa shape index (κ2) is 7.13. The number of carbonyl (C=O) groups excluding carboxylic acids is 1. The number of rotatable bonds is 7. The maximum Gasteiger partial charge on any atom is 0.234 e. The molecule has 2 saturated carbocycles. The van der Waals surface area contributed by atoms with Gasteiger partial charge in [-0.3, -0.25) is 4.79 Å². The second-order valence-corrected chi connectivity index (χ2v) is 6.15. The minimum absolute atomic E-state index is 0.189. The fourth-order valence-electron chi connectivity index (χ4n) is 2.99. The average molecular weight is 252 g/mol. The molecule has 0 atom stereocenters. The lowest BCUT2D eigenvalue weighted by molar-refractivity contribution is -0.121. The van der Waals surface area contributed by atoms with Crippen molar-refractivity contribution < 1.29 is 4.79 Å². The van der Waals surface area contributed by atoms with Crippen molar-refractivity contribution in [2.75, 3.05) is 13.1 Å². The summed E-state index contributed by atoms with van der Waals surface area (Å²) in [4.78, 5) is 11.7. The zero-order valence-electron chi connectivity index (χ0n) is 11.7. The summed E-state index contributed by atoms with van der Waals surface area (Å²) in [6, 6.07) is 0.438. The Hall–Kier alpha value is -0.570. The first kappa shape index (κ1) is 13.9. The molecule has 0 aromatic rings. The van der Waals surface area contributed by atoms with Gasteiger partial charge in [0.25, 0.3) is 0 Å². The Balaban J connectivity index is 1.54. The lowest BCUT2D eigenvalue weighted by atomic mass is 9.83. The molecule has 2 N–H and O–H groups in total. The van der Waals surface area contributed by atoms with Crippen molar-refractivity contribution in [2.45, 2.75) is 64.3 Å². The third kappa shape index (κ3) is 4.97. The molecular weight excluding hydrogens is 224 g/mol. The van der Waals surface area contributed by atoms with E-state index < -0.39 is 0 Å². The predicted octanol–water partition coefficient (Wildman–Crippen LogP) is 2.46. The number of hydrogen-bond acceptors (Lipinski definition) is 2. The highest BCUT2D eigenvalue weighted by atomic mass is 16.1. The van der Waals surface area contributed by atoms with Gasteiger partial charge >= 0.3 is 0 Å². The van der Waals surface area contributed by atoms with Gasteiger partial charge in [0.05, 0.1) is 6.54 Å². The Morgan fingerprint density at radius 3 is 2.33 bits per heavy atom. The van der Waals surface area contributed by atoms with E-state index in [0.717, 1.165) is 18.4 Å². The van der Waals surface area contributed by atoms with E-state index in [9.17, 15) is 4.79 Å². The summed E-state index contributed by atoms with van der Waals surface area (Å²) in [7, 11) is 0. The van der Waals surface area contributed by atoms with Crippen LogP contribution < -0.4 is 10.6 Å². The van der Waals surface area contributed by atoms with Gasteiger partial charge < -0.3 is 10.6 Å². The fourth-order valence-corrected chi connectivity index (χ4v) is 2.99. The normalized spacial score (nSPS) is 28.1. The van der Waals surface area contributed by atoms with Crippen LogP contribution in [0.3, 0.4) is 0 Å². The number of hydrogen-bond donors (Lipinski definition) is 2. The van der Waals surface area contributed by atoms with Crippen molar-refractivity contribution in [3.05, 3.63) is 0 Å². The Morgan fingerprint density at radius 1 is 1.06 bits per heavy atom. The molecule has 2 aliphatic carbocycles. The molecule has 18 heavy (non-hydrogen) atoms. The van der Waals surface area contributed by atoms with E-state index in [4.69, 9.17) is 0 Å². The molecule has 0 aromatic heterocycles. The monoisotopic (exact) mass is 252 g/mol. The number of nitrogens with one attached hydrogen (secondary N) is 2. The summed E-state index contributed by atoms with van der Waals surface area (Å²) in [6.07, 6.45) is 10.3. The molecule has 0 aliphatic heterocycles. The van der Waals surface area contributed by atoms with Gasteiger partial charge in [-0.05, 0) is 56.9 Å². The predicted molar refractivity (Wildman–Crippen MR) is 74.4 cm³/mol. The Labute approximate surface area is 111 Å². The van der Waals surface area contributed by atoms with Crippen molar-refractivity contribution in [2.24, 2.45) is 11.8 Å². The number of carbonyl (C=O) groups is 1. The van der Waals surface area contributed by atoms with E-state index in [2.05, 4.69) is 17.6 Å². The third-order valence-corrected chi connectivity index (χ3v) is 4.32. The molecule has 2 fully saturated rings. The van der Waals surface area contributed by atoms with Crippen LogP contribution in [-0.4, -0.2) is 25.0 Å². The van der Waals surface area contributed by atoms with Crippen LogP contribution in [0.25, 0.3) is 0 Å². The first-order valence-corrected chi connectivity index (χ1v) is 7.78. The van der Waals surface area contributed by atoms with Crippen LogP contribution in [0, 0.1) is 11.8 Å². The van der Waals surface area contributed by atoms with Gasteiger partial charge in [0.15, 0.2) is 0 Å². The van der Waals surface area contributed by atoms with Gasteiger partial charge in [-0.1, -0.05) is 19.8 Å². The average Bonchev–Trinajstić information content (AvgIpc) is 3.16. The molecule has 0 heterocycles. The molecule has 0 bridgehead atoms. The molecule has 104 valence electrons. The lowest BCUT2D eigenvalue weighted by Crippen LogP contribution is -2.42. The molecule has 2 rings (SSSR count). The standard InChI is InChI=1S/C15H28N2O/c1-2-3-12-6-8-14(9-7-12)17-15(18)11-16-10-13-4-5-13/h12-14,16H,2-11H2,1H3,(H,17,18). The van der Waals surface area contributed by atoms with Crippen molar-refractivity contribution in [1.29, 1.82) is 0 Å². The highest BCUT2D eigenvalue weighted by Crippen LogP contribution is 2.28. The third-order valence-electron chi connectivity index (χ3n) is 4.32. The molecule has 0 aromatic carbocycles. The topological polar surface area (TPSA) is 41.1 Å². The summed E-state index contributed by atoms with van der Waals surface area (Å²) in [5, 5.41) is 6.43. The first-order chi connectivity index (χ1) is 8.78. The van der Waals surface area contributed by atoms with Crippen molar-refractivity contribution in [1.82, 2.24) is 10.6 Å². The summed E-state index contributed by atoms with van der Waals surface area (Å²) in [5.41, 5.74) is 0. The highest BCUT2D eigenvalue weighted by molar-refractivity contribution is 5.78. The highest BCUT2D eigenvalue weighted by Gasteiger charge is 2.23. The quantitative estimate of drug-likeness (QED) is 0.731. The second-order valence-electron chi connectivity index (χ2n) is 6.15. The van der Waals surface area contributed by atoms with Crippen LogP contribution in [0.2, 0.25) is 0 Å². The zero-order chi connectivity index (χ0) is 12.8. The van der Waals surface area contributed by atoms with Crippen molar-refractivity contribution >= 4 is 5.91 Å². The molecule has 0 saturated heterocycles. The van der Waals surface area contributed by atoms with E-state index in [-0.39, 0.29) is 5.91 Å². The van der Waals surface area contributed by atoms with Crippen molar-refractivity contribution in [3.63, 3.8) is 0 Å². The van der Waals surface area contributed by atoms with Gasteiger partial charge in [0.1, 0.15) is 0 Å². The zero-order valence-corrected chi connectivity index (χ0v) is 11.7. The SMILES string of the molecule is CCCC1CCC(NC(=O)CNCC2CC2)CC1. The maximum atomic E-state index is 11.7. The molecule has 1 amide bonds. The van der Waals surface area contributed by atoms with Crippen LogP contribution in [0.1, 0.15) is 58.3 Å². The van der Waals surface area contributed by atoms with E-state index >= 15 is 0 Å². The molecule has 3 nitrogen and oxygen atoms in total. The first-order valence-electron chi connectivity index (χ1n) is 7.78. The van der Waals surface area contributed by atoms with Crippen LogP contribution in [0.5, 0.6) is 0 Å². The number of amides is 1. The van der Waals surface area contributed by atoms with Crippen LogP contribution in [0.4, 0.5) is 0 Å². The molecular formula is C15H28N2O. The van der Waals surface area contributed by atoms with Gasteiger partial charge in [0, 0.05) is 6.04 Å². The van der Waals surface area contributed by atoms with E-state index in [0.29, 0.717) is 12.6 Å². The smallest absolute Gasteiger partial charge is 0.234 e. The molecule has 2 aliphatic rings. The minimum Gasteiger partial charge on any atom is -0.352 e. The Morgan fingerprint density at radius 2 is 1.72 bits per heavy atom. The van der Waals surface area contributed by atoms with Gasteiger partial charge in [-0.25, -0.2) is 0 Å². The summed E-state index contributed by atoms with van der Waals surface area (Å²) in [5.74, 6) is 1.95. The minimum atomic E-state index is 0.189. The van der Waals surface area contributed by atoms with Crippen LogP contribution in [-0.2, 0) is 4.79 Å². The largest absolute Gasteiger partial charge is 0.352 e. The van der Waals surface area contributed by atoms with Crippen LogP contribution >= 0.6 is 0 Å². The maximum absolute atomic E-state index is 11.7. The molecule has 0 radical (unpaired) electrons.